The fourth-order valence-electron chi connectivity index (χ4n) is 1.50. The fraction of sp³-hybridized carbons (Fsp3) is 0.273. The summed E-state index contributed by atoms with van der Waals surface area (Å²) in [6.07, 6.45) is 0. The van der Waals surface area contributed by atoms with Gasteiger partial charge < -0.3 is 4.74 Å². The van der Waals surface area contributed by atoms with E-state index >= 15 is 0 Å². The molecule has 0 aliphatic carbocycles. The molecule has 1 aromatic rings. The van der Waals surface area contributed by atoms with Gasteiger partial charge in [-0.15, -0.1) is 0 Å². The van der Waals surface area contributed by atoms with Gasteiger partial charge in [-0.05, 0) is 12.5 Å². The van der Waals surface area contributed by atoms with Crippen molar-refractivity contribution in [1.29, 1.82) is 0 Å². The van der Waals surface area contributed by atoms with Crippen molar-refractivity contribution in [2.24, 2.45) is 4.99 Å². The van der Waals surface area contributed by atoms with Gasteiger partial charge in [0.25, 0.3) is 0 Å². The highest BCUT2D eigenvalue weighted by Gasteiger charge is 2.49. The first-order valence-corrected chi connectivity index (χ1v) is 4.42. The van der Waals surface area contributed by atoms with E-state index in [1.165, 1.54) is 7.11 Å². The number of ether oxygens (including phenoxy) is 1. The molecule has 2 rings (SSSR count). The Kier molecular flexibility index (Phi) is 1.88. The van der Waals surface area contributed by atoms with E-state index < -0.39 is 5.54 Å². The minimum atomic E-state index is -0.450. The topological polar surface area (TPSA) is 38.7 Å². The molecule has 14 heavy (non-hydrogen) atoms. The smallest absolute Gasteiger partial charge is 0.354 e. The van der Waals surface area contributed by atoms with E-state index in [-0.39, 0.29) is 5.97 Å². The van der Waals surface area contributed by atoms with E-state index in [4.69, 9.17) is 0 Å². The summed E-state index contributed by atoms with van der Waals surface area (Å²) >= 11 is 0. The number of carbonyl (C=O) groups excluding carboxylic acids is 1. The second-order valence-corrected chi connectivity index (χ2v) is 3.39. The summed E-state index contributed by atoms with van der Waals surface area (Å²) in [5, 5.41) is 0. The van der Waals surface area contributed by atoms with Crippen molar-refractivity contribution in [3.8, 4) is 0 Å². The number of carbonyl (C=O) groups is 1. The number of esters is 1. The molecule has 0 radical (unpaired) electrons. The molecule has 1 aromatic carbocycles. The Balaban J connectivity index is 2.21. The van der Waals surface area contributed by atoms with Gasteiger partial charge in [-0.3, -0.25) is 4.99 Å². The number of rotatable bonds is 2. The average molecular weight is 189 g/mol. The van der Waals surface area contributed by atoms with Crippen molar-refractivity contribution < 1.29 is 9.53 Å². The highest BCUT2D eigenvalue weighted by molar-refractivity contribution is 6.45. The van der Waals surface area contributed by atoms with Crippen LogP contribution in [0, 0.1) is 0 Å². The second-order valence-electron chi connectivity index (χ2n) is 3.39. The first kappa shape index (κ1) is 8.94. The molecule has 1 aliphatic rings. The van der Waals surface area contributed by atoms with Gasteiger partial charge in [0.05, 0.1) is 7.11 Å². The molecular formula is C11H11NO2. The molecule has 3 heteroatoms. The lowest BCUT2D eigenvalue weighted by Crippen LogP contribution is -2.19. The number of hydrogen-bond donors (Lipinski definition) is 0. The lowest BCUT2D eigenvalue weighted by molar-refractivity contribution is -0.132. The van der Waals surface area contributed by atoms with Crippen LogP contribution in [0.1, 0.15) is 12.5 Å². The third-order valence-corrected chi connectivity index (χ3v) is 2.46. The van der Waals surface area contributed by atoms with Crippen molar-refractivity contribution in [1.82, 2.24) is 0 Å². The van der Waals surface area contributed by atoms with E-state index in [1.54, 1.807) is 0 Å². The van der Waals surface area contributed by atoms with Crippen LogP contribution < -0.4 is 0 Å². The van der Waals surface area contributed by atoms with Crippen LogP contribution in [-0.4, -0.2) is 18.8 Å². The minimum absolute atomic E-state index is 0.337. The first-order chi connectivity index (χ1) is 6.68. The Morgan fingerprint density at radius 1 is 1.36 bits per heavy atom. The third-order valence-electron chi connectivity index (χ3n) is 2.46. The standard InChI is InChI=1S/C11H11NO2/c1-11(8-6-4-3-5-7-8)9(12-11)10(13)14-2/h3-7H,1-2H3/t11-/m1/s1. The van der Waals surface area contributed by atoms with Crippen LogP contribution in [0.2, 0.25) is 0 Å². The largest absolute Gasteiger partial charge is 0.464 e. The zero-order valence-corrected chi connectivity index (χ0v) is 8.15. The molecular weight excluding hydrogens is 178 g/mol. The van der Waals surface area contributed by atoms with Gasteiger partial charge in [0, 0.05) is 0 Å². The molecule has 0 N–H and O–H groups in total. The number of methoxy groups -OCH3 is 1. The highest BCUT2D eigenvalue weighted by Crippen LogP contribution is 2.38. The molecule has 1 heterocycles. The van der Waals surface area contributed by atoms with Crippen LogP contribution in [0.4, 0.5) is 0 Å². The van der Waals surface area contributed by atoms with Crippen LogP contribution in [-0.2, 0) is 15.1 Å². The van der Waals surface area contributed by atoms with Crippen molar-refractivity contribution in [2.45, 2.75) is 12.5 Å². The molecule has 3 nitrogen and oxygen atoms in total. The Morgan fingerprint density at radius 3 is 2.57 bits per heavy atom. The van der Waals surface area contributed by atoms with Gasteiger partial charge in [0.2, 0.25) is 0 Å². The summed E-state index contributed by atoms with van der Waals surface area (Å²) in [4.78, 5) is 15.4. The van der Waals surface area contributed by atoms with Crippen molar-refractivity contribution in [2.75, 3.05) is 7.11 Å². The van der Waals surface area contributed by atoms with Crippen LogP contribution in [0.25, 0.3) is 0 Å². The van der Waals surface area contributed by atoms with Crippen molar-refractivity contribution >= 4 is 11.7 Å². The summed E-state index contributed by atoms with van der Waals surface area (Å²) in [6, 6.07) is 9.72. The number of nitrogens with zero attached hydrogens (tertiary/aromatic N) is 1. The first-order valence-electron chi connectivity index (χ1n) is 4.42. The summed E-state index contributed by atoms with van der Waals surface area (Å²) in [7, 11) is 1.37. The van der Waals surface area contributed by atoms with E-state index in [2.05, 4.69) is 9.73 Å². The van der Waals surface area contributed by atoms with E-state index in [0.29, 0.717) is 5.71 Å². The lowest BCUT2D eigenvalue weighted by Gasteiger charge is -2.07. The molecule has 0 bridgehead atoms. The maximum Gasteiger partial charge on any atom is 0.354 e. The Labute approximate surface area is 82.4 Å². The third kappa shape index (κ3) is 1.21. The summed E-state index contributed by atoms with van der Waals surface area (Å²) in [6.45, 7) is 1.91. The van der Waals surface area contributed by atoms with Crippen LogP contribution in [0.3, 0.4) is 0 Å². The minimum Gasteiger partial charge on any atom is -0.464 e. The maximum absolute atomic E-state index is 11.2. The van der Waals surface area contributed by atoms with E-state index in [9.17, 15) is 4.79 Å². The quantitative estimate of drug-likeness (QED) is 0.662. The molecule has 1 aliphatic heterocycles. The van der Waals surface area contributed by atoms with Crippen LogP contribution in [0.15, 0.2) is 35.3 Å². The molecule has 0 spiro atoms. The number of aliphatic imine (C=N–C) groups is 1. The van der Waals surface area contributed by atoms with Gasteiger partial charge in [-0.25, -0.2) is 4.79 Å². The van der Waals surface area contributed by atoms with E-state index in [1.807, 2.05) is 37.3 Å². The zero-order valence-electron chi connectivity index (χ0n) is 8.15. The van der Waals surface area contributed by atoms with Crippen molar-refractivity contribution in [3.05, 3.63) is 35.9 Å². The van der Waals surface area contributed by atoms with Gasteiger partial charge >= 0.3 is 5.97 Å². The Hall–Kier alpha value is -1.64. The van der Waals surface area contributed by atoms with Gasteiger partial charge in [-0.2, -0.15) is 0 Å². The highest BCUT2D eigenvalue weighted by atomic mass is 16.5. The molecule has 0 aromatic heterocycles. The predicted molar refractivity (Wildman–Crippen MR) is 53.2 cm³/mol. The molecule has 72 valence electrons. The molecule has 0 fully saturated rings. The van der Waals surface area contributed by atoms with Crippen LogP contribution in [0.5, 0.6) is 0 Å². The molecule has 0 saturated carbocycles. The Bertz CT molecular complexity index is 397. The maximum atomic E-state index is 11.2. The lowest BCUT2D eigenvalue weighted by atomic mass is 9.96. The predicted octanol–water partition coefficient (Wildman–Crippen LogP) is 1.53. The fourth-order valence-corrected chi connectivity index (χ4v) is 1.50. The molecule has 0 amide bonds. The van der Waals surface area contributed by atoms with Gasteiger partial charge in [0.1, 0.15) is 5.54 Å². The summed E-state index contributed by atoms with van der Waals surface area (Å²) in [5.41, 5.74) is 1.08. The SMILES string of the molecule is COC(=O)C1=N[C@]1(C)c1ccccc1. The molecule has 0 unspecified atom stereocenters. The Morgan fingerprint density at radius 2 is 2.00 bits per heavy atom. The normalized spacial score (nSPS) is 24.0. The van der Waals surface area contributed by atoms with Crippen molar-refractivity contribution in [3.63, 3.8) is 0 Å². The average Bonchev–Trinajstić information content (AvgIpc) is 2.93. The molecule has 1 atom stereocenters. The zero-order chi connectivity index (χ0) is 10.2. The molecule has 0 saturated heterocycles. The van der Waals surface area contributed by atoms with Crippen LogP contribution >= 0.6 is 0 Å². The number of benzene rings is 1. The summed E-state index contributed by atoms with van der Waals surface area (Å²) in [5.74, 6) is -0.337. The second kappa shape index (κ2) is 2.94. The monoisotopic (exact) mass is 189 g/mol. The summed E-state index contributed by atoms with van der Waals surface area (Å²) < 4.78 is 4.62. The number of hydrogen-bond acceptors (Lipinski definition) is 3. The van der Waals surface area contributed by atoms with Gasteiger partial charge in [-0.1, -0.05) is 30.3 Å². The van der Waals surface area contributed by atoms with E-state index in [0.717, 1.165) is 5.56 Å². The van der Waals surface area contributed by atoms with Gasteiger partial charge in [0.15, 0.2) is 5.71 Å².